The van der Waals surface area contributed by atoms with Gasteiger partial charge in [0.05, 0.1) is 73.7 Å². The molecule has 8 aromatic rings. The van der Waals surface area contributed by atoms with E-state index in [0.29, 0.717) is 89.3 Å². The summed E-state index contributed by atoms with van der Waals surface area (Å²) in [6, 6.07) is 16.2. The fourth-order valence-corrected chi connectivity index (χ4v) is 22.5. The van der Waals surface area contributed by atoms with E-state index in [1.165, 1.54) is 65.2 Å². The van der Waals surface area contributed by atoms with Crippen molar-refractivity contribution in [1.82, 2.24) is 33.4 Å². The second kappa shape index (κ2) is 51.8. The predicted octanol–water partition coefficient (Wildman–Crippen LogP) is 20.3. The Kier molecular flexibility index (Phi) is 42.7. The summed E-state index contributed by atoms with van der Waals surface area (Å²) in [4.78, 5) is 73.3. The number of nitrogens with two attached hydrogens (primary N) is 2. The van der Waals surface area contributed by atoms with E-state index in [-0.39, 0.29) is 105 Å². The molecule has 138 heavy (non-hydrogen) atoms. The summed E-state index contributed by atoms with van der Waals surface area (Å²) < 4.78 is 186. The molecule has 34 nitrogen and oxygen atoms in total. The third kappa shape index (κ3) is 34.5. The third-order valence-corrected chi connectivity index (χ3v) is 30.1. The van der Waals surface area contributed by atoms with Crippen LogP contribution in [0.1, 0.15) is 223 Å². The summed E-state index contributed by atoms with van der Waals surface area (Å²) in [5.41, 5.74) is 10.4. The lowest BCUT2D eigenvalue weighted by Crippen LogP contribution is -2.40. The van der Waals surface area contributed by atoms with Gasteiger partial charge in [-0.2, -0.15) is 13.1 Å². The van der Waals surface area contributed by atoms with Gasteiger partial charge in [-0.1, -0.05) is 79.7 Å². The maximum Gasteiger partial charge on any atom is 0.414 e. The highest BCUT2D eigenvalue weighted by Crippen LogP contribution is 2.42. The van der Waals surface area contributed by atoms with Gasteiger partial charge in [-0.15, -0.1) is 0 Å². The van der Waals surface area contributed by atoms with E-state index in [4.69, 9.17) is 84.2 Å². The lowest BCUT2D eigenvalue weighted by Gasteiger charge is -2.29. The van der Waals surface area contributed by atoms with Gasteiger partial charge in [0.25, 0.3) is 30.1 Å². The normalized spacial score (nSPS) is 16.6. The van der Waals surface area contributed by atoms with E-state index >= 15 is 8.78 Å². The topological polar surface area (TPSA) is 440 Å². The minimum Gasteiger partial charge on any atom is -0.497 e. The number of unbranched alkanes of at least 4 members (excludes halogenated alkanes) is 5. The molecule has 3 aromatic heterocycles. The van der Waals surface area contributed by atoms with Crippen LogP contribution in [-0.2, 0) is 71.7 Å². The number of methoxy groups -OCH3 is 4. The monoisotopic (exact) mass is 2100 g/mol. The molecule has 6 atom stereocenters. The Hall–Kier alpha value is -9.44. The zero-order valence-electron chi connectivity index (χ0n) is 80.5. The number of aromatic nitrogens is 6. The summed E-state index contributed by atoms with van der Waals surface area (Å²) in [5, 5.41) is 5.89. The summed E-state index contributed by atoms with van der Waals surface area (Å²) in [6.07, 6.45) is 20.1. The molecule has 762 valence electrons. The van der Waals surface area contributed by atoms with Crippen molar-refractivity contribution in [1.29, 1.82) is 0 Å². The maximum atomic E-state index is 16.1. The number of sulfonamides is 3. The van der Waals surface area contributed by atoms with Crippen molar-refractivity contribution in [3.8, 4) is 23.0 Å². The SMILES string of the molecule is CC(C)(C)OC(=O)C[C@@H]1CCC[C@H]1N.COc1ccc(CN(c2ncns2)S(=O)(=O)c2cc(Cl)c(N(CCCC=O)C(=O)OC(C)(C)C)cc2F)c(OC)c1.COc1ccc(CN(c2ncns2)S(=O)(=O)c2cc(Cl)c(N(CCCCC[C@@H]3CCC[C@H]3NC(=O)OC(C)(C)C)C(=O)OC(C)(C)C)cc2F)c(OC)c1.N[C@@H]1CCC[C@H]1CCCCCNc1cc(F)c(S(=O)(=O)Nc2ncns2)cc1Cl. The molecule has 3 heterocycles. The van der Waals surface area contributed by atoms with Crippen molar-refractivity contribution < 1.29 is 100 Å². The molecule has 0 aliphatic heterocycles. The van der Waals surface area contributed by atoms with Crippen molar-refractivity contribution in [2.24, 2.45) is 29.2 Å². The number of halogens is 6. The fraction of sp³-hybridized carbons (Fsp3) is 0.554. The predicted molar refractivity (Wildman–Crippen MR) is 530 cm³/mol. The number of nitrogens with one attached hydrogen (secondary N) is 3. The van der Waals surface area contributed by atoms with Crippen molar-refractivity contribution >= 4 is 162 Å². The van der Waals surface area contributed by atoms with E-state index in [2.05, 4.69) is 43.4 Å². The Morgan fingerprint density at radius 3 is 1.38 bits per heavy atom. The van der Waals surface area contributed by atoms with Gasteiger partial charge in [0, 0.05) is 121 Å². The van der Waals surface area contributed by atoms with Crippen LogP contribution in [0.25, 0.3) is 0 Å². The molecule has 3 aliphatic carbocycles. The molecule has 3 saturated carbocycles. The minimum absolute atomic E-state index is 0.00704. The first-order chi connectivity index (χ1) is 64.9. The first-order valence-corrected chi connectivity index (χ1v) is 52.9. The van der Waals surface area contributed by atoms with Crippen LogP contribution in [-0.4, -0.2) is 172 Å². The van der Waals surface area contributed by atoms with Gasteiger partial charge < -0.3 is 64.8 Å². The highest BCUT2D eigenvalue weighted by molar-refractivity contribution is 7.93. The summed E-state index contributed by atoms with van der Waals surface area (Å²) in [5.74, 6) is -0.307. The maximum absolute atomic E-state index is 16.1. The van der Waals surface area contributed by atoms with Gasteiger partial charge in [-0.3, -0.25) is 19.3 Å². The Morgan fingerprint density at radius 1 is 0.500 bits per heavy atom. The van der Waals surface area contributed by atoms with Crippen LogP contribution in [0.2, 0.25) is 15.1 Å². The second-order valence-corrected chi connectivity index (χ2v) is 45.9. The summed E-state index contributed by atoms with van der Waals surface area (Å²) >= 11 is 21.8. The van der Waals surface area contributed by atoms with Crippen molar-refractivity contribution in [3.63, 3.8) is 0 Å². The van der Waals surface area contributed by atoms with Gasteiger partial charge in [0.1, 0.15) is 103 Å². The molecule has 0 bridgehead atoms. The van der Waals surface area contributed by atoms with E-state index in [1.54, 1.807) is 77.9 Å². The van der Waals surface area contributed by atoms with Gasteiger partial charge >= 0.3 is 24.2 Å². The molecular formula is C92H127Cl3F3N15O19S6. The molecule has 3 fully saturated rings. The molecule has 11 rings (SSSR count). The van der Waals surface area contributed by atoms with Crippen LogP contribution in [0.4, 0.5) is 60.0 Å². The van der Waals surface area contributed by atoms with Crippen LogP contribution >= 0.6 is 69.4 Å². The number of hydrogen-bond donors (Lipinski definition) is 5. The number of nitrogens with zero attached hydrogens (tertiary/aromatic N) is 10. The highest BCUT2D eigenvalue weighted by atomic mass is 35.5. The molecule has 5 aromatic carbocycles. The first kappa shape index (κ1) is 114. The number of carbonyl (C=O) groups excluding carboxylic acids is 5. The van der Waals surface area contributed by atoms with Gasteiger partial charge in [-0.25, -0.2) is 76.4 Å². The number of rotatable bonds is 39. The van der Waals surface area contributed by atoms with Crippen LogP contribution in [0.5, 0.6) is 23.0 Å². The van der Waals surface area contributed by atoms with Crippen LogP contribution in [0.15, 0.2) is 106 Å². The first-order valence-electron chi connectivity index (χ1n) is 45.1. The van der Waals surface area contributed by atoms with E-state index in [0.717, 1.165) is 174 Å². The highest BCUT2D eigenvalue weighted by Gasteiger charge is 2.39. The van der Waals surface area contributed by atoms with Crippen LogP contribution in [0.3, 0.4) is 0 Å². The molecule has 0 unspecified atom stereocenters. The number of carbonyl (C=O) groups is 5. The summed E-state index contributed by atoms with van der Waals surface area (Å²) in [7, 11) is -7.55. The molecule has 3 amide bonds. The summed E-state index contributed by atoms with van der Waals surface area (Å²) in [6.45, 7) is 21.5. The fourth-order valence-electron chi connectivity index (χ4n) is 15.4. The number of esters is 1. The van der Waals surface area contributed by atoms with Gasteiger partial charge in [0.2, 0.25) is 15.4 Å². The number of ether oxygens (including phenoxy) is 8. The molecule has 0 spiro atoms. The molecular weight excluding hydrogens is 1970 g/mol. The minimum atomic E-state index is -4.64. The van der Waals surface area contributed by atoms with Crippen LogP contribution in [0, 0.1) is 35.2 Å². The molecule has 0 radical (unpaired) electrons. The Balaban J connectivity index is 0.000000245. The standard InChI is InChI=1S/C37H51ClFN5O8S2.C26H30ClFN4O7S2.C18H25ClFN5O2S2.C11H21NO2/c1-36(2,3)51-34(45)42-29-15-12-14-24(29)13-10-9-11-18-43(35(46)52-37(4,5)6)30-21-28(39)32(20-27(30)38)54(47,48)44(33-40-23-41-53-33)22-25-16-17-26(49-7)19-31(25)50-8;1-26(2,3)39-25(34)31(10-6-7-11-33)21-14-20(28)23(13-19(21)27)41(35,36)32(24-29-16-30-40-24)15-17-8-9-18(37-4)12-22(17)38-5;19-13-9-17(29(26,27)25-18-23-11-24-28-18)14(20)10-16(13)22-8-3-1-2-5-12-6-4-7-15(12)21;1-11(2,3)14-10(13)7-8-5-4-6-9(8)12/h16-17,19-21,23-24,29H,9-15,18,22H2,1-8H3,(H,42,45);8-9,11-14,16H,6-7,10,15H2,1-5H3;9-12,15,22H,1-8,21H2,(H,23,24,25);8-9H,4-7,12H2,1-3H3/t24-,29-;;12-,15-;8-,9+/m1.10/s1. The number of alkyl carbamates (subject to hydrolysis) is 1. The number of anilines is 6. The number of hydrogen-bond acceptors (Lipinski definition) is 31. The van der Waals surface area contributed by atoms with Crippen molar-refractivity contribution in [2.75, 3.05) is 76.5 Å². The average molecular weight is 2100 g/mol. The zero-order chi connectivity index (χ0) is 102. The second-order valence-electron chi connectivity index (χ2n) is 37.1. The van der Waals surface area contributed by atoms with Crippen molar-refractivity contribution in [2.45, 2.75) is 280 Å². The van der Waals surface area contributed by atoms with Crippen molar-refractivity contribution in [3.05, 3.63) is 135 Å². The number of amides is 3. The molecule has 0 saturated heterocycles. The largest absolute Gasteiger partial charge is 0.497 e. The Labute approximate surface area is 834 Å². The number of benzene rings is 5. The van der Waals surface area contributed by atoms with E-state index in [1.807, 2.05) is 41.5 Å². The zero-order valence-corrected chi connectivity index (χ0v) is 87.6. The van der Waals surface area contributed by atoms with E-state index < -0.39 is 97.3 Å². The smallest absolute Gasteiger partial charge is 0.414 e. The van der Waals surface area contributed by atoms with Gasteiger partial charge in [0.15, 0.2) is 0 Å². The Bertz CT molecular complexity index is 5690. The quantitative estimate of drug-likeness (QED) is 0.0103. The van der Waals surface area contributed by atoms with Crippen LogP contribution < -0.4 is 64.2 Å². The Morgan fingerprint density at radius 2 is 0.942 bits per heavy atom. The average Bonchev–Trinajstić information content (AvgIpc) is 1.14. The lowest BCUT2D eigenvalue weighted by molar-refractivity contribution is -0.156. The van der Waals surface area contributed by atoms with Gasteiger partial charge in [-0.05, 0) is 220 Å². The molecule has 7 N–H and O–H groups in total. The van der Waals surface area contributed by atoms with E-state index in [9.17, 15) is 53.6 Å². The third-order valence-electron chi connectivity index (χ3n) is 22.0. The molecule has 46 heteroatoms. The lowest BCUT2D eigenvalue weighted by atomic mass is 9.96. The number of aldehydes is 1. The molecule has 3 aliphatic rings.